The van der Waals surface area contributed by atoms with Gasteiger partial charge in [-0.3, -0.25) is 0 Å². The summed E-state index contributed by atoms with van der Waals surface area (Å²) in [6.07, 6.45) is 3.19. The van der Waals surface area contributed by atoms with Crippen molar-refractivity contribution in [2.75, 3.05) is 5.32 Å². The fraction of sp³-hybridized carbons (Fsp3) is 0.0556. The molecule has 0 unspecified atom stereocenters. The summed E-state index contributed by atoms with van der Waals surface area (Å²) in [5, 5.41) is 4.40. The smallest absolute Gasteiger partial charge is 0.198 e. The maximum Gasteiger partial charge on any atom is 0.198 e. The number of hydrogen-bond acceptors (Lipinski definition) is 6. The highest BCUT2D eigenvalue weighted by Gasteiger charge is 2.16. The van der Waals surface area contributed by atoms with Crippen LogP contribution < -0.4 is 5.32 Å². The Morgan fingerprint density at radius 3 is 2.88 bits per heavy atom. The highest BCUT2D eigenvalue weighted by atomic mass is 35.5. The van der Waals surface area contributed by atoms with Gasteiger partial charge in [0.05, 0.1) is 16.8 Å². The molecule has 0 bridgehead atoms. The van der Waals surface area contributed by atoms with Gasteiger partial charge in [-0.25, -0.2) is 24.8 Å². The van der Waals surface area contributed by atoms with Crippen LogP contribution in [0.3, 0.4) is 0 Å². The number of rotatable bonds is 3. The monoisotopic (exact) mass is 378 g/mol. The highest BCUT2D eigenvalue weighted by molar-refractivity contribution is 7.22. The largest absolute Gasteiger partial charge is 0.324 e. The summed E-state index contributed by atoms with van der Waals surface area (Å²) in [4.78, 5) is 20.9. The molecule has 1 N–H and O–H groups in total. The van der Waals surface area contributed by atoms with Crippen molar-refractivity contribution in [1.29, 1.82) is 0 Å². The summed E-state index contributed by atoms with van der Waals surface area (Å²) in [6.45, 7) is 9.28. The second-order valence-corrected chi connectivity index (χ2v) is 6.85. The molecule has 4 rings (SSSR count). The van der Waals surface area contributed by atoms with E-state index in [0.717, 1.165) is 15.9 Å². The molecule has 0 saturated carbocycles. The first kappa shape index (κ1) is 16.4. The summed E-state index contributed by atoms with van der Waals surface area (Å²) in [7, 11) is 0. The van der Waals surface area contributed by atoms with E-state index in [9.17, 15) is 0 Å². The van der Waals surface area contributed by atoms with Gasteiger partial charge in [0.1, 0.15) is 17.2 Å². The van der Waals surface area contributed by atoms with Crippen LogP contribution in [0.4, 0.5) is 17.3 Å². The predicted octanol–water partition coefficient (Wildman–Crippen LogP) is 5.40. The zero-order chi connectivity index (χ0) is 18.1. The van der Waals surface area contributed by atoms with E-state index in [1.807, 2.05) is 19.1 Å². The van der Waals surface area contributed by atoms with E-state index in [4.69, 9.17) is 18.2 Å². The van der Waals surface area contributed by atoms with Crippen LogP contribution in [0.15, 0.2) is 42.9 Å². The Bertz CT molecular complexity index is 1160. The predicted molar refractivity (Wildman–Crippen MR) is 104 cm³/mol. The molecule has 0 aliphatic carbocycles. The third kappa shape index (κ3) is 2.96. The zero-order valence-electron chi connectivity index (χ0n) is 13.6. The third-order valence-electron chi connectivity index (χ3n) is 3.68. The van der Waals surface area contributed by atoms with Crippen LogP contribution in [0.2, 0.25) is 5.02 Å². The van der Waals surface area contributed by atoms with Gasteiger partial charge in [-0.1, -0.05) is 23.7 Å². The molecule has 0 atom stereocenters. The number of benzene rings is 1. The fourth-order valence-corrected chi connectivity index (χ4v) is 3.90. The molecule has 26 heavy (non-hydrogen) atoms. The molecule has 8 heteroatoms. The standard InChI is InChI=1S/C18H11ClN6S/c1-10-8-14(23-9-22-10)25-17-16-13(6-7-21-17)24-18(26-16)15-11(19)4-3-5-12(15)20-2/h3-9H,1H3,(H,21,22,23,25). The van der Waals surface area contributed by atoms with Gasteiger partial charge in [0.15, 0.2) is 11.5 Å². The minimum absolute atomic E-state index is 0.477. The first-order chi connectivity index (χ1) is 12.7. The van der Waals surface area contributed by atoms with Crippen molar-refractivity contribution in [3.05, 3.63) is 65.0 Å². The fourth-order valence-electron chi connectivity index (χ4n) is 2.51. The number of halogens is 1. The number of aryl methyl sites for hydroxylation is 1. The van der Waals surface area contributed by atoms with Crippen LogP contribution in [0.1, 0.15) is 5.69 Å². The van der Waals surface area contributed by atoms with E-state index in [1.165, 1.54) is 17.7 Å². The molecule has 0 saturated heterocycles. The van der Waals surface area contributed by atoms with Crippen LogP contribution in [0.25, 0.3) is 25.6 Å². The van der Waals surface area contributed by atoms with E-state index in [0.29, 0.717) is 32.9 Å². The Morgan fingerprint density at radius 2 is 2.08 bits per heavy atom. The lowest BCUT2D eigenvalue weighted by atomic mass is 10.2. The molecular formula is C18H11ClN6S. The quantitative estimate of drug-likeness (QED) is 0.483. The number of aromatic nitrogens is 4. The third-order valence-corrected chi connectivity index (χ3v) is 5.09. The van der Waals surface area contributed by atoms with Crippen LogP contribution in [-0.4, -0.2) is 19.9 Å². The summed E-state index contributed by atoms with van der Waals surface area (Å²) < 4.78 is 0.870. The number of nitrogens with zero attached hydrogens (tertiary/aromatic N) is 5. The molecule has 3 heterocycles. The van der Waals surface area contributed by atoms with Gasteiger partial charge >= 0.3 is 0 Å². The minimum Gasteiger partial charge on any atom is -0.324 e. The Balaban J connectivity index is 1.83. The SMILES string of the molecule is [C-]#[N+]c1cccc(Cl)c1-c1nc2ccnc(Nc3cc(C)ncn3)c2s1. The Morgan fingerprint density at radius 1 is 1.19 bits per heavy atom. The van der Waals surface area contributed by atoms with Crippen molar-refractivity contribution < 1.29 is 0 Å². The Hall–Kier alpha value is -3.08. The van der Waals surface area contributed by atoms with E-state index < -0.39 is 0 Å². The van der Waals surface area contributed by atoms with Gasteiger partial charge in [0, 0.05) is 28.5 Å². The molecule has 0 aliphatic heterocycles. The molecule has 1 aromatic carbocycles. The van der Waals surface area contributed by atoms with Crippen LogP contribution in [0.5, 0.6) is 0 Å². The van der Waals surface area contributed by atoms with Gasteiger partial charge in [-0.2, -0.15) is 0 Å². The lowest BCUT2D eigenvalue weighted by Crippen LogP contribution is -1.97. The maximum absolute atomic E-state index is 7.38. The molecule has 6 nitrogen and oxygen atoms in total. The average molecular weight is 379 g/mol. The molecule has 126 valence electrons. The zero-order valence-corrected chi connectivity index (χ0v) is 15.1. The van der Waals surface area contributed by atoms with Gasteiger partial charge in [0.25, 0.3) is 0 Å². The summed E-state index contributed by atoms with van der Waals surface area (Å²) in [5.74, 6) is 1.31. The summed E-state index contributed by atoms with van der Waals surface area (Å²) in [5.41, 5.74) is 2.77. The van der Waals surface area contributed by atoms with Crippen molar-refractivity contribution in [1.82, 2.24) is 19.9 Å². The normalized spacial score (nSPS) is 10.7. The van der Waals surface area contributed by atoms with Crippen LogP contribution in [0, 0.1) is 13.5 Å². The minimum atomic E-state index is 0.477. The van der Waals surface area contributed by atoms with E-state index >= 15 is 0 Å². The van der Waals surface area contributed by atoms with Gasteiger partial charge < -0.3 is 5.32 Å². The molecule has 0 radical (unpaired) electrons. The number of nitrogens with one attached hydrogen (secondary N) is 1. The number of hydrogen-bond donors (Lipinski definition) is 1. The lowest BCUT2D eigenvalue weighted by molar-refractivity contribution is 1.10. The molecular weight excluding hydrogens is 368 g/mol. The highest BCUT2D eigenvalue weighted by Crippen LogP contribution is 2.41. The van der Waals surface area contributed by atoms with Crippen molar-refractivity contribution in [3.8, 4) is 10.6 Å². The second-order valence-electron chi connectivity index (χ2n) is 5.44. The molecule has 0 spiro atoms. The van der Waals surface area contributed by atoms with E-state index in [1.54, 1.807) is 24.4 Å². The Labute approximate surface area is 158 Å². The van der Waals surface area contributed by atoms with E-state index in [-0.39, 0.29) is 0 Å². The van der Waals surface area contributed by atoms with Crippen molar-refractivity contribution in [3.63, 3.8) is 0 Å². The molecule has 0 aliphatic rings. The topological polar surface area (TPSA) is 68.0 Å². The molecule has 0 amide bonds. The summed E-state index contributed by atoms with van der Waals surface area (Å²) >= 11 is 7.77. The molecule has 0 fully saturated rings. The maximum atomic E-state index is 7.38. The first-order valence-corrected chi connectivity index (χ1v) is 8.82. The Kier molecular flexibility index (Phi) is 4.21. The van der Waals surface area contributed by atoms with Gasteiger partial charge in [-0.05, 0) is 19.1 Å². The number of pyridine rings is 1. The lowest BCUT2D eigenvalue weighted by Gasteiger charge is -2.05. The van der Waals surface area contributed by atoms with Gasteiger partial charge in [-0.15, -0.1) is 11.3 Å². The molecule has 4 aromatic rings. The molecule has 3 aromatic heterocycles. The number of fused-ring (bicyclic) bond motifs is 1. The number of thiazole rings is 1. The van der Waals surface area contributed by atoms with Crippen LogP contribution >= 0.6 is 22.9 Å². The first-order valence-electron chi connectivity index (χ1n) is 7.63. The van der Waals surface area contributed by atoms with Crippen molar-refractivity contribution in [2.24, 2.45) is 0 Å². The van der Waals surface area contributed by atoms with Crippen LogP contribution in [-0.2, 0) is 0 Å². The van der Waals surface area contributed by atoms with Crippen molar-refractivity contribution >= 4 is 50.5 Å². The van der Waals surface area contributed by atoms with Crippen molar-refractivity contribution in [2.45, 2.75) is 6.92 Å². The number of anilines is 2. The summed E-state index contributed by atoms with van der Waals surface area (Å²) in [6, 6.07) is 8.94. The van der Waals surface area contributed by atoms with Gasteiger partial charge in [0.2, 0.25) is 0 Å². The second kappa shape index (κ2) is 6.67. The van der Waals surface area contributed by atoms with E-state index in [2.05, 4.69) is 30.1 Å². The average Bonchev–Trinajstić information content (AvgIpc) is 3.06.